The molecule has 0 spiro atoms. The van der Waals surface area contributed by atoms with Crippen molar-refractivity contribution in [2.45, 2.75) is 25.3 Å². The van der Waals surface area contributed by atoms with Crippen LogP contribution in [0.15, 0.2) is 41.3 Å². The van der Waals surface area contributed by atoms with Crippen LogP contribution in [-0.2, 0) is 16.6 Å². The minimum Gasteiger partial charge on any atom is -0.337 e. The van der Waals surface area contributed by atoms with E-state index in [1.165, 1.54) is 36.2 Å². The summed E-state index contributed by atoms with van der Waals surface area (Å²) in [6, 6.07) is 8.65. The van der Waals surface area contributed by atoms with E-state index in [4.69, 9.17) is 11.6 Å². The molecule has 0 radical (unpaired) electrons. The summed E-state index contributed by atoms with van der Waals surface area (Å²) in [7, 11) is -2.17. The van der Waals surface area contributed by atoms with E-state index < -0.39 is 21.7 Å². The first-order chi connectivity index (χ1) is 12.2. The first kappa shape index (κ1) is 20.4. The summed E-state index contributed by atoms with van der Waals surface area (Å²) in [4.78, 5) is 14.1. The zero-order chi connectivity index (χ0) is 19.5. The van der Waals surface area contributed by atoms with Crippen molar-refractivity contribution in [2.24, 2.45) is 0 Å². The number of rotatable bonds is 6. The van der Waals surface area contributed by atoms with Gasteiger partial charge in [0.25, 0.3) is 5.91 Å². The third-order valence-corrected chi connectivity index (χ3v) is 5.79. The summed E-state index contributed by atoms with van der Waals surface area (Å²) in [6.45, 7) is 3.59. The normalized spacial score (nSPS) is 11.4. The van der Waals surface area contributed by atoms with E-state index in [0.717, 1.165) is 0 Å². The maximum absolute atomic E-state index is 14.0. The second kappa shape index (κ2) is 8.16. The standard InChI is InChI=1S/C18H20ClFN2O3S/c1-4-21-26(24,25)13-9-8-12(2)14(10-13)18(23)22(3)11-15-16(19)6-5-7-17(15)20/h5-10,21H,4,11H2,1-3H3. The van der Waals surface area contributed by atoms with Crippen LogP contribution in [0, 0.1) is 12.7 Å². The Morgan fingerprint density at radius 1 is 1.27 bits per heavy atom. The molecule has 2 aromatic carbocycles. The van der Waals surface area contributed by atoms with Crippen molar-refractivity contribution in [1.82, 2.24) is 9.62 Å². The van der Waals surface area contributed by atoms with Gasteiger partial charge in [-0.2, -0.15) is 0 Å². The third kappa shape index (κ3) is 4.41. The Morgan fingerprint density at radius 2 is 1.96 bits per heavy atom. The molecule has 140 valence electrons. The molecule has 8 heteroatoms. The van der Waals surface area contributed by atoms with Crippen molar-refractivity contribution in [3.63, 3.8) is 0 Å². The van der Waals surface area contributed by atoms with Crippen molar-refractivity contribution in [3.05, 3.63) is 63.9 Å². The van der Waals surface area contributed by atoms with Gasteiger partial charge in [-0.25, -0.2) is 17.5 Å². The first-order valence-electron chi connectivity index (χ1n) is 7.96. The number of hydrogen-bond acceptors (Lipinski definition) is 3. The topological polar surface area (TPSA) is 66.5 Å². The molecule has 0 aliphatic carbocycles. The average molecular weight is 399 g/mol. The van der Waals surface area contributed by atoms with Gasteiger partial charge in [-0.3, -0.25) is 4.79 Å². The van der Waals surface area contributed by atoms with Crippen LogP contribution in [0.4, 0.5) is 4.39 Å². The number of aryl methyl sites for hydroxylation is 1. The smallest absolute Gasteiger partial charge is 0.254 e. The zero-order valence-electron chi connectivity index (χ0n) is 14.7. The predicted octanol–water partition coefficient (Wildman–Crippen LogP) is 3.36. The van der Waals surface area contributed by atoms with E-state index in [1.54, 1.807) is 26.0 Å². The molecule has 0 fully saturated rings. The van der Waals surface area contributed by atoms with Gasteiger partial charge in [-0.15, -0.1) is 0 Å². The highest BCUT2D eigenvalue weighted by molar-refractivity contribution is 7.89. The van der Waals surface area contributed by atoms with Gasteiger partial charge in [0.05, 0.1) is 4.90 Å². The second-order valence-electron chi connectivity index (χ2n) is 5.84. The van der Waals surface area contributed by atoms with E-state index in [1.807, 2.05) is 0 Å². The Balaban J connectivity index is 2.34. The highest BCUT2D eigenvalue weighted by Crippen LogP contribution is 2.22. The molecule has 0 saturated carbocycles. The summed E-state index contributed by atoms with van der Waals surface area (Å²) in [5.41, 5.74) is 1.06. The van der Waals surface area contributed by atoms with Crippen LogP contribution < -0.4 is 4.72 Å². The summed E-state index contributed by atoms with van der Waals surface area (Å²) >= 11 is 6.01. The van der Waals surface area contributed by atoms with Gasteiger partial charge in [0.15, 0.2) is 0 Å². The van der Waals surface area contributed by atoms with Crippen LogP contribution in [0.5, 0.6) is 0 Å². The molecular formula is C18H20ClFN2O3S. The van der Waals surface area contributed by atoms with Gasteiger partial charge < -0.3 is 4.90 Å². The number of carbonyl (C=O) groups excluding carboxylic acids is 1. The van der Waals surface area contributed by atoms with E-state index >= 15 is 0 Å². The van der Waals surface area contributed by atoms with Gasteiger partial charge in [-0.05, 0) is 36.8 Å². The Morgan fingerprint density at radius 3 is 2.58 bits per heavy atom. The Labute approximate surface area is 157 Å². The monoisotopic (exact) mass is 398 g/mol. The van der Waals surface area contributed by atoms with Crippen LogP contribution in [0.1, 0.15) is 28.4 Å². The predicted molar refractivity (Wildman–Crippen MR) is 99.2 cm³/mol. The quantitative estimate of drug-likeness (QED) is 0.811. The lowest BCUT2D eigenvalue weighted by atomic mass is 10.1. The molecule has 2 rings (SSSR count). The van der Waals surface area contributed by atoms with E-state index in [0.29, 0.717) is 5.56 Å². The van der Waals surface area contributed by atoms with E-state index in [9.17, 15) is 17.6 Å². The first-order valence-corrected chi connectivity index (χ1v) is 9.82. The SMILES string of the molecule is CCNS(=O)(=O)c1ccc(C)c(C(=O)N(C)Cc2c(F)cccc2Cl)c1. The molecule has 0 aliphatic heterocycles. The lowest BCUT2D eigenvalue weighted by molar-refractivity contribution is 0.0783. The third-order valence-electron chi connectivity index (χ3n) is 3.89. The molecule has 0 aliphatic rings. The number of amides is 1. The number of hydrogen-bond donors (Lipinski definition) is 1. The zero-order valence-corrected chi connectivity index (χ0v) is 16.3. The van der Waals surface area contributed by atoms with Crippen LogP contribution in [0.2, 0.25) is 5.02 Å². The molecule has 26 heavy (non-hydrogen) atoms. The fourth-order valence-electron chi connectivity index (χ4n) is 2.47. The maximum atomic E-state index is 14.0. The molecule has 0 saturated heterocycles. The molecule has 0 aromatic heterocycles. The molecule has 0 atom stereocenters. The number of halogens is 2. The lowest BCUT2D eigenvalue weighted by Gasteiger charge is -2.20. The highest BCUT2D eigenvalue weighted by atomic mass is 35.5. The summed E-state index contributed by atoms with van der Waals surface area (Å²) in [5.74, 6) is -0.923. The van der Waals surface area contributed by atoms with Crippen molar-refractivity contribution >= 4 is 27.5 Å². The van der Waals surface area contributed by atoms with Crippen molar-refractivity contribution in [1.29, 1.82) is 0 Å². The van der Waals surface area contributed by atoms with Crippen LogP contribution in [0.3, 0.4) is 0 Å². The molecule has 0 heterocycles. The van der Waals surface area contributed by atoms with Gasteiger partial charge in [-0.1, -0.05) is 30.7 Å². The van der Waals surface area contributed by atoms with Crippen LogP contribution >= 0.6 is 11.6 Å². The minimum atomic E-state index is -3.68. The summed E-state index contributed by atoms with van der Waals surface area (Å²) in [6.07, 6.45) is 0. The molecule has 1 N–H and O–H groups in total. The largest absolute Gasteiger partial charge is 0.337 e. The molecule has 0 unspecified atom stereocenters. The van der Waals surface area contributed by atoms with Crippen molar-refractivity contribution in [3.8, 4) is 0 Å². The molecular weight excluding hydrogens is 379 g/mol. The Hall–Kier alpha value is -1.96. The average Bonchev–Trinajstić information content (AvgIpc) is 2.57. The summed E-state index contributed by atoms with van der Waals surface area (Å²) in [5, 5.41) is 0.227. The molecule has 5 nitrogen and oxygen atoms in total. The number of sulfonamides is 1. The number of nitrogens with one attached hydrogen (secondary N) is 1. The number of carbonyl (C=O) groups is 1. The minimum absolute atomic E-state index is 0.00521. The maximum Gasteiger partial charge on any atom is 0.254 e. The molecule has 0 bridgehead atoms. The Kier molecular flexibility index (Phi) is 6.39. The van der Waals surface area contributed by atoms with Gasteiger partial charge >= 0.3 is 0 Å². The second-order valence-corrected chi connectivity index (χ2v) is 8.01. The fraction of sp³-hybridized carbons (Fsp3) is 0.278. The van der Waals surface area contributed by atoms with Gasteiger partial charge in [0.1, 0.15) is 5.82 Å². The van der Waals surface area contributed by atoms with Crippen LogP contribution in [-0.4, -0.2) is 32.8 Å². The van der Waals surface area contributed by atoms with Gasteiger partial charge in [0.2, 0.25) is 10.0 Å². The van der Waals surface area contributed by atoms with Crippen molar-refractivity contribution < 1.29 is 17.6 Å². The molecule has 1 amide bonds. The number of nitrogens with zero attached hydrogens (tertiary/aromatic N) is 1. The number of benzene rings is 2. The van der Waals surface area contributed by atoms with E-state index in [-0.39, 0.29) is 34.1 Å². The summed E-state index contributed by atoms with van der Waals surface area (Å²) < 4.78 is 40.7. The van der Waals surface area contributed by atoms with Gasteiger partial charge in [0, 0.05) is 36.3 Å². The fourth-order valence-corrected chi connectivity index (χ4v) is 3.76. The van der Waals surface area contributed by atoms with Crippen LogP contribution in [0.25, 0.3) is 0 Å². The molecule has 2 aromatic rings. The Bertz CT molecular complexity index is 912. The van der Waals surface area contributed by atoms with E-state index in [2.05, 4.69) is 4.72 Å². The lowest BCUT2D eigenvalue weighted by Crippen LogP contribution is -2.28. The van der Waals surface area contributed by atoms with Crippen molar-refractivity contribution in [2.75, 3.05) is 13.6 Å². The highest BCUT2D eigenvalue weighted by Gasteiger charge is 2.21.